The van der Waals surface area contributed by atoms with Gasteiger partial charge in [0.2, 0.25) is 5.91 Å². The maximum Gasteiger partial charge on any atom is 0.328 e. The minimum absolute atomic E-state index is 0.0643. The molecule has 0 aromatic heterocycles. The molecule has 0 aliphatic carbocycles. The first-order valence-electron chi connectivity index (χ1n) is 7.90. The summed E-state index contributed by atoms with van der Waals surface area (Å²) < 4.78 is 34.7. The molecule has 2 fully saturated rings. The first-order valence-corrected chi connectivity index (χ1v) is 7.90. The molecule has 3 aliphatic heterocycles. The smallest absolute Gasteiger partial charge is 0.328 e. The number of piperidine rings is 1. The third-order valence-electron chi connectivity index (χ3n) is 5.10. The van der Waals surface area contributed by atoms with Crippen molar-refractivity contribution in [3.05, 3.63) is 23.8 Å². The second-order valence-electron chi connectivity index (χ2n) is 6.44. The van der Waals surface area contributed by atoms with Crippen LogP contribution < -0.4 is 20.3 Å². The highest BCUT2D eigenvalue weighted by Gasteiger charge is 2.60. The Morgan fingerprint density at radius 3 is 2.83 bits per heavy atom. The summed E-state index contributed by atoms with van der Waals surface area (Å²) >= 11 is 0. The fraction of sp³-hybridized carbons (Fsp3) is 0.500. The minimum atomic E-state index is -2.90. The molecule has 1 unspecified atom stereocenters. The summed E-state index contributed by atoms with van der Waals surface area (Å²) in [4.78, 5) is 24.6. The van der Waals surface area contributed by atoms with E-state index in [0.717, 1.165) is 0 Å². The van der Waals surface area contributed by atoms with E-state index in [1.54, 1.807) is 18.2 Å². The predicted molar refractivity (Wildman–Crippen MR) is 81.6 cm³/mol. The molecule has 24 heavy (non-hydrogen) atoms. The van der Waals surface area contributed by atoms with E-state index in [9.17, 15) is 18.4 Å². The monoisotopic (exact) mass is 337 g/mol. The molecule has 3 heterocycles. The standard InChI is InChI=1S/C16H17F2N3O3/c17-16(18)8-19-5-4-15(16)9-24-12-7-10(1-2-11(12)15)21-6-3-13(22)20-14(21)23/h1-2,7,19H,3-6,8-9H2,(H,20,22,23). The Bertz CT molecular complexity index is 725. The van der Waals surface area contributed by atoms with Crippen molar-refractivity contribution in [3.8, 4) is 5.75 Å². The summed E-state index contributed by atoms with van der Waals surface area (Å²) in [5.74, 6) is -2.83. The molecule has 128 valence electrons. The van der Waals surface area contributed by atoms with E-state index < -0.39 is 17.4 Å². The number of anilines is 1. The van der Waals surface area contributed by atoms with Gasteiger partial charge in [-0.3, -0.25) is 15.0 Å². The number of nitrogens with one attached hydrogen (secondary N) is 2. The number of hydrogen-bond donors (Lipinski definition) is 2. The van der Waals surface area contributed by atoms with Gasteiger partial charge >= 0.3 is 6.03 Å². The van der Waals surface area contributed by atoms with Gasteiger partial charge in [-0.1, -0.05) is 6.07 Å². The molecule has 1 atom stereocenters. The zero-order valence-corrected chi connectivity index (χ0v) is 12.9. The van der Waals surface area contributed by atoms with Crippen LogP contribution in [0.4, 0.5) is 19.3 Å². The van der Waals surface area contributed by atoms with Crippen molar-refractivity contribution in [2.24, 2.45) is 0 Å². The van der Waals surface area contributed by atoms with Crippen LogP contribution in [0.3, 0.4) is 0 Å². The lowest BCUT2D eigenvalue weighted by Gasteiger charge is -2.40. The molecular formula is C16H17F2N3O3. The largest absolute Gasteiger partial charge is 0.492 e. The molecule has 2 N–H and O–H groups in total. The average molecular weight is 337 g/mol. The van der Waals surface area contributed by atoms with E-state index in [0.29, 0.717) is 30.0 Å². The number of imide groups is 1. The molecule has 1 aromatic carbocycles. The molecule has 2 saturated heterocycles. The second-order valence-corrected chi connectivity index (χ2v) is 6.44. The summed E-state index contributed by atoms with van der Waals surface area (Å²) in [6, 6.07) is 4.37. The summed E-state index contributed by atoms with van der Waals surface area (Å²) in [7, 11) is 0. The number of carbonyl (C=O) groups excluding carboxylic acids is 2. The number of urea groups is 1. The van der Waals surface area contributed by atoms with Crippen molar-refractivity contribution in [2.45, 2.75) is 24.2 Å². The van der Waals surface area contributed by atoms with Gasteiger partial charge in [0.05, 0.1) is 12.0 Å². The number of benzene rings is 1. The lowest BCUT2D eigenvalue weighted by molar-refractivity contribution is -0.120. The van der Waals surface area contributed by atoms with Crippen molar-refractivity contribution in [1.82, 2.24) is 10.6 Å². The van der Waals surface area contributed by atoms with Crippen LogP contribution in [0.2, 0.25) is 0 Å². The summed E-state index contributed by atoms with van der Waals surface area (Å²) in [5, 5.41) is 4.98. The van der Waals surface area contributed by atoms with Crippen LogP contribution >= 0.6 is 0 Å². The molecule has 8 heteroatoms. The van der Waals surface area contributed by atoms with Crippen LogP contribution in [0.25, 0.3) is 0 Å². The Labute approximate surface area is 137 Å². The van der Waals surface area contributed by atoms with Crippen LogP contribution in [-0.2, 0) is 10.2 Å². The number of hydrogen-bond acceptors (Lipinski definition) is 4. The molecular weight excluding hydrogens is 320 g/mol. The van der Waals surface area contributed by atoms with Gasteiger partial charge in [-0.2, -0.15) is 0 Å². The van der Waals surface area contributed by atoms with Crippen molar-refractivity contribution < 1.29 is 23.1 Å². The van der Waals surface area contributed by atoms with Gasteiger partial charge in [-0.25, -0.2) is 13.6 Å². The number of rotatable bonds is 1. The predicted octanol–water partition coefficient (Wildman–Crippen LogP) is 1.39. The maximum atomic E-state index is 14.5. The Hall–Kier alpha value is -2.22. The maximum absolute atomic E-state index is 14.5. The molecule has 4 rings (SSSR count). The molecule has 1 spiro atoms. The van der Waals surface area contributed by atoms with Crippen molar-refractivity contribution in [3.63, 3.8) is 0 Å². The molecule has 3 aliphatic rings. The summed E-state index contributed by atoms with van der Waals surface area (Å²) in [6.45, 7) is 0.338. The van der Waals surface area contributed by atoms with Crippen LogP contribution in [0, 0.1) is 0 Å². The van der Waals surface area contributed by atoms with Crippen molar-refractivity contribution in [1.29, 1.82) is 0 Å². The molecule has 3 amide bonds. The Morgan fingerprint density at radius 2 is 2.08 bits per heavy atom. The van der Waals surface area contributed by atoms with Gasteiger partial charge in [0, 0.05) is 30.3 Å². The van der Waals surface area contributed by atoms with Gasteiger partial charge in [-0.05, 0) is 19.0 Å². The topological polar surface area (TPSA) is 70.7 Å². The number of alkyl halides is 2. The molecule has 6 nitrogen and oxygen atoms in total. The molecule has 1 aromatic rings. The van der Waals surface area contributed by atoms with E-state index in [1.165, 1.54) is 4.90 Å². The summed E-state index contributed by atoms with van der Waals surface area (Å²) in [6.07, 6.45) is 0.502. The highest BCUT2D eigenvalue weighted by Crippen LogP contribution is 2.52. The van der Waals surface area contributed by atoms with Gasteiger partial charge in [0.1, 0.15) is 12.4 Å². The van der Waals surface area contributed by atoms with Crippen molar-refractivity contribution >= 4 is 17.6 Å². The van der Waals surface area contributed by atoms with Gasteiger partial charge < -0.3 is 10.1 Å². The fourth-order valence-electron chi connectivity index (χ4n) is 3.69. The number of halogens is 2. The van der Waals surface area contributed by atoms with Gasteiger partial charge in [0.25, 0.3) is 5.92 Å². The normalized spacial score (nSPS) is 28.5. The zero-order valence-electron chi connectivity index (χ0n) is 12.9. The highest BCUT2D eigenvalue weighted by atomic mass is 19.3. The van der Waals surface area contributed by atoms with Gasteiger partial charge in [-0.15, -0.1) is 0 Å². The average Bonchev–Trinajstić information content (AvgIpc) is 2.90. The summed E-state index contributed by atoms with van der Waals surface area (Å²) in [5.41, 5.74) is -0.286. The highest BCUT2D eigenvalue weighted by molar-refractivity contribution is 6.05. The number of ether oxygens (including phenoxy) is 1. The van der Waals surface area contributed by atoms with E-state index in [-0.39, 0.29) is 32.0 Å². The first-order chi connectivity index (χ1) is 11.4. The van der Waals surface area contributed by atoms with E-state index in [1.807, 2.05) is 0 Å². The Balaban J connectivity index is 1.68. The van der Waals surface area contributed by atoms with Crippen LogP contribution in [0.15, 0.2) is 18.2 Å². The first kappa shape index (κ1) is 15.3. The fourth-order valence-corrected chi connectivity index (χ4v) is 3.69. The lowest BCUT2D eigenvalue weighted by atomic mass is 9.72. The van der Waals surface area contributed by atoms with Crippen LogP contribution in [-0.4, -0.2) is 44.1 Å². The Kier molecular flexibility index (Phi) is 3.28. The van der Waals surface area contributed by atoms with Gasteiger partial charge in [0.15, 0.2) is 0 Å². The number of amides is 3. The quantitative estimate of drug-likeness (QED) is 0.813. The number of carbonyl (C=O) groups is 2. The second kappa shape index (κ2) is 5.14. The third kappa shape index (κ3) is 2.09. The third-order valence-corrected chi connectivity index (χ3v) is 5.10. The molecule has 0 saturated carbocycles. The zero-order chi connectivity index (χ0) is 16.9. The van der Waals surface area contributed by atoms with E-state index in [4.69, 9.17) is 4.74 Å². The van der Waals surface area contributed by atoms with Crippen molar-refractivity contribution in [2.75, 3.05) is 31.1 Å². The lowest BCUT2D eigenvalue weighted by Crippen LogP contribution is -2.57. The van der Waals surface area contributed by atoms with Crippen LogP contribution in [0.5, 0.6) is 5.75 Å². The Morgan fingerprint density at radius 1 is 1.25 bits per heavy atom. The number of nitrogens with zero attached hydrogens (tertiary/aromatic N) is 1. The van der Waals surface area contributed by atoms with E-state index >= 15 is 0 Å². The minimum Gasteiger partial charge on any atom is -0.492 e. The molecule has 0 bridgehead atoms. The SMILES string of the molecule is O=C1CCN(c2ccc3c(c2)OCC32CCNCC2(F)F)C(=O)N1. The van der Waals surface area contributed by atoms with Crippen LogP contribution in [0.1, 0.15) is 18.4 Å². The molecule has 0 radical (unpaired) electrons. The van der Waals surface area contributed by atoms with E-state index in [2.05, 4.69) is 10.6 Å². The number of fused-ring (bicyclic) bond motifs is 2.